The summed E-state index contributed by atoms with van der Waals surface area (Å²) in [6, 6.07) is 14.0. The summed E-state index contributed by atoms with van der Waals surface area (Å²) in [4.78, 5) is 4.37. The van der Waals surface area contributed by atoms with Crippen LogP contribution in [-0.4, -0.2) is 13.9 Å². The second-order valence-corrected chi connectivity index (χ2v) is 8.42. The van der Waals surface area contributed by atoms with E-state index in [9.17, 15) is 4.21 Å². The molecule has 23 heavy (non-hydrogen) atoms. The molecule has 1 aromatic carbocycles. The third kappa shape index (κ3) is 4.85. The predicted octanol–water partition coefficient (Wildman–Crippen LogP) is 4.06. The molecule has 2 aromatic rings. The minimum atomic E-state index is -1.16. The first kappa shape index (κ1) is 17.6. The van der Waals surface area contributed by atoms with E-state index in [4.69, 9.17) is 0 Å². The molecule has 1 heterocycles. The predicted molar refractivity (Wildman–Crippen MR) is 98.2 cm³/mol. The fourth-order valence-corrected chi connectivity index (χ4v) is 3.09. The summed E-state index contributed by atoms with van der Waals surface area (Å²) in [5.74, 6) is 0. The van der Waals surface area contributed by atoms with E-state index in [1.165, 1.54) is 5.56 Å². The fourth-order valence-electron chi connectivity index (χ4n) is 2.27. The molecule has 2 rings (SSSR count). The molecule has 1 aromatic heterocycles. The van der Waals surface area contributed by atoms with Crippen molar-refractivity contribution in [2.45, 2.75) is 38.0 Å². The van der Waals surface area contributed by atoms with Crippen LogP contribution in [0.3, 0.4) is 0 Å². The number of pyridine rings is 1. The molecule has 0 saturated heterocycles. The Morgan fingerprint density at radius 2 is 1.91 bits per heavy atom. The molecule has 1 N–H and O–H groups in total. The molecule has 122 valence electrons. The monoisotopic (exact) mass is 328 g/mol. The Labute approximate surface area is 141 Å². The molecule has 0 fully saturated rings. The van der Waals surface area contributed by atoms with E-state index in [0.717, 1.165) is 17.7 Å². The topological polar surface area (TPSA) is 42.0 Å². The van der Waals surface area contributed by atoms with Crippen molar-refractivity contribution in [3.05, 3.63) is 72.1 Å². The molecule has 0 amide bonds. The van der Waals surface area contributed by atoms with E-state index < -0.39 is 11.0 Å². The Kier molecular flexibility index (Phi) is 5.85. The molecule has 0 saturated carbocycles. The zero-order valence-electron chi connectivity index (χ0n) is 14.0. The van der Waals surface area contributed by atoms with Crippen LogP contribution in [0.5, 0.6) is 0 Å². The summed E-state index contributed by atoms with van der Waals surface area (Å²) in [7, 11) is -1.16. The molecule has 0 aliphatic rings. The van der Waals surface area contributed by atoms with E-state index in [2.05, 4.69) is 28.4 Å². The van der Waals surface area contributed by atoms with Crippen molar-refractivity contribution in [2.75, 3.05) is 0 Å². The normalized spacial score (nSPS) is 14.2. The van der Waals surface area contributed by atoms with Gasteiger partial charge in [0, 0.05) is 6.20 Å². The standard InChI is InChI=1S/C19H24N2OS/c1-5-17-16(12-9-13-20-17)18(21-23(22)19(2,3)4)14-15-10-7-6-8-11-15/h5-13,18,21H,1,14H2,2-4H3. The van der Waals surface area contributed by atoms with Gasteiger partial charge in [0.1, 0.15) is 0 Å². The smallest absolute Gasteiger partial charge is 0.0976 e. The fraction of sp³-hybridized carbons (Fsp3) is 0.316. The van der Waals surface area contributed by atoms with Gasteiger partial charge in [0.15, 0.2) is 0 Å². The SMILES string of the molecule is C=Cc1ncccc1C(Cc1ccccc1)NS(=O)C(C)(C)C. The first-order valence-corrected chi connectivity index (χ1v) is 8.86. The number of nitrogens with zero attached hydrogens (tertiary/aromatic N) is 1. The third-order valence-electron chi connectivity index (χ3n) is 3.53. The number of nitrogens with one attached hydrogen (secondary N) is 1. The van der Waals surface area contributed by atoms with Crippen LogP contribution in [0.4, 0.5) is 0 Å². The lowest BCUT2D eigenvalue weighted by molar-refractivity contribution is 0.595. The quantitative estimate of drug-likeness (QED) is 0.869. The van der Waals surface area contributed by atoms with Crippen LogP contribution in [0.25, 0.3) is 6.08 Å². The molecule has 0 aliphatic carbocycles. The summed E-state index contributed by atoms with van der Waals surface area (Å²) < 4.78 is 15.5. The van der Waals surface area contributed by atoms with Gasteiger partial charge in [-0.1, -0.05) is 43.0 Å². The van der Waals surface area contributed by atoms with Crippen molar-refractivity contribution < 1.29 is 4.21 Å². The maximum atomic E-state index is 12.6. The summed E-state index contributed by atoms with van der Waals surface area (Å²) in [6.07, 6.45) is 4.24. The average molecular weight is 328 g/mol. The van der Waals surface area contributed by atoms with Gasteiger partial charge in [-0.3, -0.25) is 4.98 Å². The van der Waals surface area contributed by atoms with Crippen molar-refractivity contribution >= 4 is 17.1 Å². The van der Waals surface area contributed by atoms with Crippen LogP contribution in [0, 0.1) is 0 Å². The van der Waals surface area contributed by atoms with Gasteiger partial charge in [-0.25, -0.2) is 8.93 Å². The highest BCUT2D eigenvalue weighted by atomic mass is 32.2. The number of aromatic nitrogens is 1. The van der Waals surface area contributed by atoms with Crippen molar-refractivity contribution in [1.82, 2.24) is 9.71 Å². The van der Waals surface area contributed by atoms with Gasteiger partial charge >= 0.3 is 0 Å². The number of hydrogen-bond donors (Lipinski definition) is 1. The van der Waals surface area contributed by atoms with Crippen molar-refractivity contribution in [3.63, 3.8) is 0 Å². The largest absolute Gasteiger partial charge is 0.257 e. The Bertz CT molecular complexity index is 677. The van der Waals surface area contributed by atoms with E-state index in [1.54, 1.807) is 12.3 Å². The van der Waals surface area contributed by atoms with E-state index in [-0.39, 0.29) is 10.8 Å². The summed E-state index contributed by atoms with van der Waals surface area (Å²) in [6.45, 7) is 9.74. The lowest BCUT2D eigenvalue weighted by Crippen LogP contribution is -2.36. The highest BCUT2D eigenvalue weighted by Gasteiger charge is 2.25. The van der Waals surface area contributed by atoms with Crippen LogP contribution in [0.2, 0.25) is 0 Å². The Morgan fingerprint density at radius 3 is 2.52 bits per heavy atom. The van der Waals surface area contributed by atoms with Gasteiger partial charge in [0.2, 0.25) is 0 Å². The Hall–Kier alpha value is -1.78. The molecule has 2 unspecified atom stereocenters. The zero-order chi connectivity index (χ0) is 16.9. The maximum absolute atomic E-state index is 12.6. The molecule has 3 nitrogen and oxygen atoms in total. The lowest BCUT2D eigenvalue weighted by Gasteiger charge is -2.25. The number of benzene rings is 1. The van der Waals surface area contributed by atoms with Crippen LogP contribution in [0.15, 0.2) is 55.2 Å². The highest BCUT2D eigenvalue weighted by molar-refractivity contribution is 7.84. The van der Waals surface area contributed by atoms with E-state index >= 15 is 0 Å². The maximum Gasteiger partial charge on any atom is 0.0976 e. The van der Waals surface area contributed by atoms with E-state index in [1.807, 2.05) is 51.1 Å². The number of rotatable bonds is 6. The van der Waals surface area contributed by atoms with Gasteiger partial charge in [0.05, 0.1) is 27.5 Å². The Balaban J connectivity index is 2.34. The minimum Gasteiger partial charge on any atom is -0.257 e. The molecule has 4 heteroatoms. The van der Waals surface area contributed by atoms with E-state index in [0.29, 0.717) is 0 Å². The lowest BCUT2D eigenvalue weighted by atomic mass is 9.98. The molecule has 0 spiro atoms. The molecular formula is C19H24N2OS. The van der Waals surface area contributed by atoms with Gasteiger partial charge in [0.25, 0.3) is 0 Å². The van der Waals surface area contributed by atoms with Crippen molar-refractivity contribution in [3.8, 4) is 0 Å². The van der Waals surface area contributed by atoms with Gasteiger partial charge in [-0.05, 0) is 50.5 Å². The third-order valence-corrected chi connectivity index (χ3v) is 5.14. The number of hydrogen-bond acceptors (Lipinski definition) is 2. The van der Waals surface area contributed by atoms with Crippen LogP contribution < -0.4 is 4.72 Å². The van der Waals surface area contributed by atoms with Crippen LogP contribution in [-0.2, 0) is 17.4 Å². The Morgan fingerprint density at radius 1 is 1.22 bits per heavy atom. The second-order valence-electron chi connectivity index (χ2n) is 6.42. The van der Waals surface area contributed by atoms with Crippen LogP contribution in [0.1, 0.15) is 43.6 Å². The highest BCUT2D eigenvalue weighted by Crippen LogP contribution is 2.24. The van der Waals surface area contributed by atoms with Gasteiger partial charge in [-0.2, -0.15) is 0 Å². The van der Waals surface area contributed by atoms with Crippen LogP contribution >= 0.6 is 0 Å². The van der Waals surface area contributed by atoms with Gasteiger partial charge < -0.3 is 0 Å². The van der Waals surface area contributed by atoms with Gasteiger partial charge in [-0.15, -0.1) is 0 Å². The first-order chi connectivity index (χ1) is 10.9. The molecular weight excluding hydrogens is 304 g/mol. The van der Waals surface area contributed by atoms with Crippen molar-refractivity contribution in [1.29, 1.82) is 0 Å². The van der Waals surface area contributed by atoms with Crippen molar-refractivity contribution in [2.24, 2.45) is 0 Å². The summed E-state index contributed by atoms with van der Waals surface area (Å²) >= 11 is 0. The first-order valence-electron chi connectivity index (χ1n) is 7.71. The summed E-state index contributed by atoms with van der Waals surface area (Å²) in [5.41, 5.74) is 3.03. The average Bonchev–Trinajstić information content (AvgIpc) is 2.54. The zero-order valence-corrected chi connectivity index (χ0v) is 14.8. The molecule has 0 bridgehead atoms. The molecule has 2 atom stereocenters. The minimum absolute atomic E-state index is 0.0841. The molecule has 0 radical (unpaired) electrons. The second kappa shape index (κ2) is 7.66. The summed E-state index contributed by atoms with van der Waals surface area (Å²) in [5, 5.41) is 0. The molecule has 0 aliphatic heterocycles.